The Balaban J connectivity index is 2.75. The first-order valence-corrected chi connectivity index (χ1v) is 5.03. The molecule has 0 aliphatic rings. The Morgan fingerprint density at radius 2 is 2.07 bits per heavy atom. The Bertz CT molecular complexity index is 476. The number of nitrogens with two attached hydrogens (primary N) is 1. The molecular formula is C10H9F2NS. The fourth-order valence-electron chi connectivity index (χ4n) is 1.48. The van der Waals surface area contributed by atoms with Crippen molar-refractivity contribution in [3.8, 4) is 0 Å². The van der Waals surface area contributed by atoms with Crippen molar-refractivity contribution < 1.29 is 8.78 Å². The highest BCUT2D eigenvalue weighted by Crippen LogP contribution is 2.34. The lowest BCUT2D eigenvalue weighted by Gasteiger charge is -2.03. The van der Waals surface area contributed by atoms with Gasteiger partial charge in [-0.1, -0.05) is 0 Å². The molecule has 0 aliphatic carbocycles. The standard InChI is InChI=1S/C10H9F2NS/c1-5-2-6(10(11)12)3-7-8(13)4-14-9(5)7/h2-4,10H,13H2,1H3. The Hall–Kier alpha value is -1.16. The quantitative estimate of drug-likeness (QED) is 0.767. The summed E-state index contributed by atoms with van der Waals surface area (Å²) in [6.07, 6.45) is -2.43. The fourth-order valence-corrected chi connectivity index (χ4v) is 2.40. The maximum atomic E-state index is 12.5. The van der Waals surface area contributed by atoms with Crippen LogP contribution in [0.5, 0.6) is 0 Å². The van der Waals surface area contributed by atoms with Crippen LogP contribution in [0.4, 0.5) is 14.5 Å². The van der Waals surface area contributed by atoms with Crippen molar-refractivity contribution in [1.29, 1.82) is 0 Å². The van der Waals surface area contributed by atoms with Crippen LogP contribution in [0.2, 0.25) is 0 Å². The van der Waals surface area contributed by atoms with Crippen LogP contribution in [0.3, 0.4) is 0 Å². The van der Waals surface area contributed by atoms with E-state index < -0.39 is 6.43 Å². The molecule has 2 N–H and O–H groups in total. The molecule has 1 aromatic carbocycles. The van der Waals surface area contributed by atoms with Crippen LogP contribution < -0.4 is 5.73 Å². The van der Waals surface area contributed by atoms with E-state index in [1.165, 1.54) is 23.5 Å². The number of hydrogen-bond acceptors (Lipinski definition) is 2. The predicted octanol–water partition coefficient (Wildman–Crippen LogP) is 3.73. The summed E-state index contributed by atoms with van der Waals surface area (Å²) in [6, 6.07) is 2.99. The second-order valence-corrected chi connectivity index (χ2v) is 4.09. The Kier molecular flexibility index (Phi) is 2.15. The van der Waals surface area contributed by atoms with E-state index in [2.05, 4.69) is 0 Å². The second kappa shape index (κ2) is 3.20. The lowest BCUT2D eigenvalue weighted by molar-refractivity contribution is 0.151. The molecule has 0 atom stereocenters. The summed E-state index contributed by atoms with van der Waals surface area (Å²) >= 11 is 1.49. The van der Waals surface area contributed by atoms with Crippen molar-refractivity contribution in [2.75, 3.05) is 5.73 Å². The summed E-state index contributed by atoms with van der Waals surface area (Å²) in [6.45, 7) is 1.82. The van der Waals surface area contributed by atoms with Gasteiger partial charge in [0, 0.05) is 21.0 Å². The zero-order valence-electron chi connectivity index (χ0n) is 7.55. The fraction of sp³-hybridized carbons (Fsp3) is 0.200. The second-order valence-electron chi connectivity index (χ2n) is 3.21. The highest BCUT2D eigenvalue weighted by atomic mass is 32.1. The number of halogens is 2. The van der Waals surface area contributed by atoms with Crippen molar-refractivity contribution >= 4 is 27.1 Å². The van der Waals surface area contributed by atoms with Crippen molar-refractivity contribution in [2.45, 2.75) is 13.3 Å². The van der Waals surface area contributed by atoms with Crippen LogP contribution in [-0.2, 0) is 0 Å². The zero-order valence-corrected chi connectivity index (χ0v) is 8.37. The number of alkyl halides is 2. The first kappa shape index (κ1) is 9.40. The molecule has 0 bridgehead atoms. The lowest BCUT2D eigenvalue weighted by Crippen LogP contribution is -1.87. The SMILES string of the molecule is Cc1cc(C(F)F)cc2c(N)csc12. The molecule has 0 aliphatic heterocycles. The van der Waals surface area contributed by atoms with Gasteiger partial charge in [-0.3, -0.25) is 0 Å². The number of nitrogen functional groups attached to an aromatic ring is 1. The van der Waals surface area contributed by atoms with Crippen molar-refractivity contribution in [1.82, 2.24) is 0 Å². The van der Waals surface area contributed by atoms with E-state index in [1.807, 2.05) is 6.92 Å². The molecule has 1 aromatic heterocycles. The van der Waals surface area contributed by atoms with Crippen molar-refractivity contribution in [2.24, 2.45) is 0 Å². The topological polar surface area (TPSA) is 26.0 Å². The minimum atomic E-state index is -2.43. The van der Waals surface area contributed by atoms with Gasteiger partial charge < -0.3 is 5.73 Å². The number of anilines is 1. The van der Waals surface area contributed by atoms with Gasteiger partial charge in [0.25, 0.3) is 6.43 Å². The highest BCUT2D eigenvalue weighted by molar-refractivity contribution is 7.18. The number of aryl methyl sites for hydroxylation is 1. The maximum Gasteiger partial charge on any atom is 0.263 e. The Morgan fingerprint density at radius 1 is 1.36 bits per heavy atom. The van der Waals surface area contributed by atoms with Gasteiger partial charge >= 0.3 is 0 Å². The molecule has 1 heterocycles. The summed E-state index contributed by atoms with van der Waals surface area (Å²) in [4.78, 5) is 0. The predicted molar refractivity (Wildman–Crippen MR) is 55.9 cm³/mol. The number of thiophene rings is 1. The monoisotopic (exact) mass is 213 g/mol. The van der Waals surface area contributed by atoms with E-state index in [1.54, 1.807) is 5.38 Å². The molecular weight excluding hydrogens is 204 g/mol. The largest absolute Gasteiger partial charge is 0.398 e. The summed E-state index contributed by atoms with van der Waals surface area (Å²) < 4.78 is 25.9. The first-order valence-electron chi connectivity index (χ1n) is 4.15. The summed E-state index contributed by atoms with van der Waals surface area (Å²) in [5.41, 5.74) is 7.16. The van der Waals surface area contributed by atoms with E-state index in [9.17, 15) is 8.78 Å². The van der Waals surface area contributed by atoms with Gasteiger partial charge in [0.2, 0.25) is 0 Å². The zero-order chi connectivity index (χ0) is 10.3. The van der Waals surface area contributed by atoms with Crippen LogP contribution in [-0.4, -0.2) is 0 Å². The molecule has 0 spiro atoms. The average molecular weight is 213 g/mol. The summed E-state index contributed by atoms with van der Waals surface area (Å²) in [7, 11) is 0. The third-order valence-corrected chi connectivity index (χ3v) is 3.31. The van der Waals surface area contributed by atoms with E-state index >= 15 is 0 Å². The van der Waals surface area contributed by atoms with Gasteiger partial charge in [-0.15, -0.1) is 11.3 Å². The lowest BCUT2D eigenvalue weighted by atomic mass is 10.1. The first-order chi connectivity index (χ1) is 6.59. The van der Waals surface area contributed by atoms with Gasteiger partial charge in [0.15, 0.2) is 0 Å². The van der Waals surface area contributed by atoms with Crippen LogP contribution in [0.25, 0.3) is 10.1 Å². The van der Waals surface area contributed by atoms with Crippen LogP contribution in [0.1, 0.15) is 17.6 Å². The van der Waals surface area contributed by atoms with Gasteiger partial charge in [0.05, 0.1) is 5.69 Å². The number of fused-ring (bicyclic) bond motifs is 1. The van der Waals surface area contributed by atoms with Crippen LogP contribution in [0, 0.1) is 6.92 Å². The molecule has 0 radical (unpaired) electrons. The average Bonchev–Trinajstić information content (AvgIpc) is 2.48. The van der Waals surface area contributed by atoms with E-state index in [4.69, 9.17) is 5.73 Å². The molecule has 2 rings (SSSR count). The summed E-state index contributed by atoms with van der Waals surface area (Å²) in [5.74, 6) is 0. The van der Waals surface area contributed by atoms with Gasteiger partial charge in [-0.05, 0) is 24.6 Å². The third kappa shape index (κ3) is 1.35. The summed E-state index contributed by atoms with van der Waals surface area (Å²) in [5, 5.41) is 2.53. The van der Waals surface area contributed by atoms with Crippen LogP contribution >= 0.6 is 11.3 Å². The molecule has 2 aromatic rings. The third-order valence-electron chi connectivity index (χ3n) is 2.16. The van der Waals surface area contributed by atoms with Gasteiger partial charge in [-0.2, -0.15) is 0 Å². The van der Waals surface area contributed by atoms with Gasteiger partial charge in [0.1, 0.15) is 0 Å². The Labute approximate surface area is 84.2 Å². The number of benzene rings is 1. The molecule has 0 saturated heterocycles. The molecule has 0 saturated carbocycles. The molecule has 14 heavy (non-hydrogen) atoms. The molecule has 0 unspecified atom stereocenters. The number of hydrogen-bond donors (Lipinski definition) is 1. The normalized spacial score (nSPS) is 11.4. The van der Waals surface area contributed by atoms with Gasteiger partial charge in [-0.25, -0.2) is 8.78 Å². The van der Waals surface area contributed by atoms with Crippen molar-refractivity contribution in [3.05, 3.63) is 28.6 Å². The van der Waals surface area contributed by atoms with Crippen LogP contribution in [0.15, 0.2) is 17.5 Å². The molecule has 0 fully saturated rings. The Morgan fingerprint density at radius 3 is 2.71 bits per heavy atom. The number of rotatable bonds is 1. The molecule has 0 amide bonds. The van der Waals surface area contributed by atoms with E-state index in [0.29, 0.717) is 5.69 Å². The smallest absolute Gasteiger partial charge is 0.263 e. The van der Waals surface area contributed by atoms with Crippen molar-refractivity contribution in [3.63, 3.8) is 0 Å². The molecule has 4 heteroatoms. The maximum absolute atomic E-state index is 12.5. The van der Waals surface area contributed by atoms with E-state index in [0.717, 1.165) is 15.6 Å². The highest BCUT2D eigenvalue weighted by Gasteiger charge is 2.11. The molecule has 74 valence electrons. The minimum Gasteiger partial charge on any atom is -0.398 e. The molecule has 1 nitrogen and oxygen atoms in total. The van der Waals surface area contributed by atoms with E-state index in [-0.39, 0.29) is 5.56 Å². The minimum absolute atomic E-state index is 0.0418.